The van der Waals surface area contributed by atoms with Gasteiger partial charge in [-0.3, -0.25) is 9.59 Å². The first-order chi connectivity index (χ1) is 14.6. The molecule has 3 N–H and O–H groups in total. The summed E-state index contributed by atoms with van der Waals surface area (Å²) in [4.78, 5) is 27.8. The van der Waals surface area contributed by atoms with Crippen molar-refractivity contribution in [2.24, 2.45) is 0 Å². The van der Waals surface area contributed by atoms with Gasteiger partial charge >= 0.3 is 0 Å². The number of nitrogens with one attached hydrogen (secondary N) is 3. The van der Waals surface area contributed by atoms with E-state index >= 15 is 0 Å². The van der Waals surface area contributed by atoms with E-state index in [0.717, 1.165) is 27.7 Å². The van der Waals surface area contributed by atoms with Crippen molar-refractivity contribution in [3.05, 3.63) is 72.3 Å². The van der Waals surface area contributed by atoms with E-state index < -0.39 is 6.04 Å². The summed E-state index contributed by atoms with van der Waals surface area (Å²) in [5, 5.41) is 11.4. The number of likely N-dealkylation sites (N-methyl/N-ethyl adjacent to an activating group) is 1. The van der Waals surface area contributed by atoms with Crippen molar-refractivity contribution in [2.75, 3.05) is 23.8 Å². The van der Waals surface area contributed by atoms with Gasteiger partial charge < -0.3 is 20.9 Å². The molecule has 1 unspecified atom stereocenters. The molecule has 0 fully saturated rings. The fraction of sp³-hybridized carbons (Fsp3) is 0.250. The summed E-state index contributed by atoms with van der Waals surface area (Å²) in [5.74, 6) is -0.328. The molecule has 0 radical (unpaired) electrons. The zero-order chi connectivity index (χ0) is 21.1. The van der Waals surface area contributed by atoms with Crippen LogP contribution in [0.4, 0.5) is 11.4 Å². The number of rotatable bonds is 5. The number of hydrogen-bond donors (Lipinski definition) is 3. The van der Waals surface area contributed by atoms with Crippen LogP contribution >= 0.6 is 12.4 Å². The van der Waals surface area contributed by atoms with Gasteiger partial charge in [0.25, 0.3) is 5.91 Å². The van der Waals surface area contributed by atoms with E-state index in [9.17, 15) is 9.59 Å². The molecule has 6 nitrogen and oxygen atoms in total. The van der Waals surface area contributed by atoms with E-state index in [1.165, 1.54) is 0 Å². The number of anilines is 2. The number of nitrogens with zero attached hydrogens (tertiary/aromatic N) is 1. The smallest absolute Gasteiger partial charge is 0.251 e. The van der Waals surface area contributed by atoms with Gasteiger partial charge in [0.05, 0.1) is 24.0 Å². The Labute approximate surface area is 188 Å². The lowest BCUT2D eigenvalue weighted by atomic mass is 10.0. The van der Waals surface area contributed by atoms with Crippen LogP contribution in [0.25, 0.3) is 10.8 Å². The predicted octanol–water partition coefficient (Wildman–Crippen LogP) is 3.31. The minimum absolute atomic E-state index is 0. The Kier molecular flexibility index (Phi) is 7.15. The van der Waals surface area contributed by atoms with Crippen LogP contribution in [-0.4, -0.2) is 37.5 Å². The third-order valence-electron chi connectivity index (χ3n) is 5.61. The van der Waals surface area contributed by atoms with Crippen molar-refractivity contribution in [3.8, 4) is 0 Å². The standard InChI is InChI=1S/C24H26N4O2.ClH/c1-16(25-2)23(29)27-21-14-26-20-12-5-6-13-22(20)28(24(21)30)15-18-10-7-9-17-8-3-4-11-19(17)18;/h3-13,16,21,25-26H,14-15H2,1-2H3,(H,27,29);1H/t16?,21-;/m0./s1. The first kappa shape index (κ1) is 22.6. The van der Waals surface area contributed by atoms with Crippen molar-refractivity contribution < 1.29 is 9.59 Å². The van der Waals surface area contributed by atoms with Crippen LogP contribution in [0.2, 0.25) is 0 Å². The maximum Gasteiger partial charge on any atom is 0.251 e. The molecule has 3 aromatic rings. The molecule has 1 heterocycles. The molecule has 7 heteroatoms. The minimum atomic E-state index is -0.657. The molecular weight excluding hydrogens is 412 g/mol. The molecule has 0 spiro atoms. The molecule has 2 atom stereocenters. The topological polar surface area (TPSA) is 73.5 Å². The SMILES string of the molecule is CNC(C)C(=O)N[C@H]1CNc2ccccc2N(Cc2cccc3ccccc23)C1=O.Cl. The number of amides is 2. The minimum Gasteiger partial charge on any atom is -0.381 e. The predicted molar refractivity (Wildman–Crippen MR) is 128 cm³/mol. The Hall–Kier alpha value is -3.09. The fourth-order valence-electron chi connectivity index (χ4n) is 3.77. The number of carbonyl (C=O) groups is 2. The highest BCUT2D eigenvalue weighted by molar-refractivity contribution is 6.04. The first-order valence-corrected chi connectivity index (χ1v) is 10.2. The number of hydrogen-bond acceptors (Lipinski definition) is 4. The molecule has 3 aromatic carbocycles. The maximum atomic E-state index is 13.5. The molecular formula is C24H27ClN4O2. The van der Waals surface area contributed by atoms with Gasteiger partial charge in [0.1, 0.15) is 6.04 Å². The van der Waals surface area contributed by atoms with E-state index in [2.05, 4.69) is 34.1 Å². The lowest BCUT2D eigenvalue weighted by Gasteiger charge is -2.26. The van der Waals surface area contributed by atoms with Crippen molar-refractivity contribution >= 4 is 46.4 Å². The van der Waals surface area contributed by atoms with Gasteiger partial charge in [0, 0.05) is 6.54 Å². The Morgan fingerprint density at radius 3 is 2.61 bits per heavy atom. The zero-order valence-electron chi connectivity index (χ0n) is 17.6. The molecule has 31 heavy (non-hydrogen) atoms. The summed E-state index contributed by atoms with van der Waals surface area (Å²) in [5.41, 5.74) is 2.75. The van der Waals surface area contributed by atoms with E-state index in [4.69, 9.17) is 0 Å². The maximum absolute atomic E-state index is 13.5. The summed E-state index contributed by atoms with van der Waals surface area (Å²) >= 11 is 0. The molecule has 1 aliphatic rings. The van der Waals surface area contributed by atoms with Gasteiger partial charge in [-0.15, -0.1) is 12.4 Å². The molecule has 4 rings (SSSR count). The Bertz CT molecular complexity index is 1080. The highest BCUT2D eigenvalue weighted by atomic mass is 35.5. The van der Waals surface area contributed by atoms with Crippen molar-refractivity contribution in [1.82, 2.24) is 10.6 Å². The normalized spacial score (nSPS) is 16.5. The van der Waals surface area contributed by atoms with Crippen LogP contribution in [0.1, 0.15) is 12.5 Å². The first-order valence-electron chi connectivity index (χ1n) is 10.2. The average molecular weight is 439 g/mol. The summed E-state index contributed by atoms with van der Waals surface area (Å²) in [6, 6.07) is 21.0. The highest BCUT2D eigenvalue weighted by Gasteiger charge is 2.32. The number of halogens is 1. The quantitative estimate of drug-likeness (QED) is 0.571. The third kappa shape index (κ3) is 4.65. The van der Waals surface area contributed by atoms with Crippen LogP contribution < -0.4 is 20.9 Å². The van der Waals surface area contributed by atoms with Crippen molar-refractivity contribution in [1.29, 1.82) is 0 Å². The van der Waals surface area contributed by atoms with Gasteiger partial charge in [-0.2, -0.15) is 0 Å². The van der Waals surface area contributed by atoms with Gasteiger partial charge in [-0.1, -0.05) is 54.6 Å². The summed E-state index contributed by atoms with van der Waals surface area (Å²) in [7, 11) is 1.72. The number of benzene rings is 3. The number of fused-ring (bicyclic) bond motifs is 2. The largest absolute Gasteiger partial charge is 0.381 e. The Morgan fingerprint density at radius 1 is 1.10 bits per heavy atom. The summed E-state index contributed by atoms with van der Waals surface area (Å²) in [6.07, 6.45) is 0. The summed E-state index contributed by atoms with van der Waals surface area (Å²) in [6.45, 7) is 2.53. The van der Waals surface area contributed by atoms with E-state index in [-0.39, 0.29) is 30.3 Å². The molecule has 162 valence electrons. The lowest BCUT2D eigenvalue weighted by Crippen LogP contribution is -2.54. The van der Waals surface area contributed by atoms with E-state index in [1.54, 1.807) is 18.9 Å². The fourth-order valence-corrected chi connectivity index (χ4v) is 3.77. The molecule has 0 saturated heterocycles. The second-order valence-electron chi connectivity index (χ2n) is 7.53. The molecule has 0 aromatic heterocycles. The zero-order valence-corrected chi connectivity index (χ0v) is 18.4. The third-order valence-corrected chi connectivity index (χ3v) is 5.61. The molecule has 2 amide bonds. The van der Waals surface area contributed by atoms with Crippen LogP contribution in [-0.2, 0) is 16.1 Å². The number of para-hydroxylation sites is 2. The van der Waals surface area contributed by atoms with E-state index in [1.807, 2.05) is 48.5 Å². The molecule has 0 saturated carbocycles. The second-order valence-corrected chi connectivity index (χ2v) is 7.53. The lowest BCUT2D eigenvalue weighted by molar-refractivity contribution is -0.128. The highest BCUT2D eigenvalue weighted by Crippen LogP contribution is 2.31. The second kappa shape index (κ2) is 9.81. The van der Waals surface area contributed by atoms with Crippen LogP contribution in [0.3, 0.4) is 0 Å². The van der Waals surface area contributed by atoms with Crippen molar-refractivity contribution in [2.45, 2.75) is 25.6 Å². The van der Waals surface area contributed by atoms with Gasteiger partial charge in [-0.25, -0.2) is 0 Å². The molecule has 1 aliphatic heterocycles. The average Bonchev–Trinajstić information content (AvgIpc) is 2.91. The molecule has 0 aliphatic carbocycles. The monoisotopic (exact) mass is 438 g/mol. The van der Waals surface area contributed by atoms with E-state index in [0.29, 0.717) is 13.1 Å². The van der Waals surface area contributed by atoms with Gasteiger partial charge in [0.15, 0.2) is 0 Å². The van der Waals surface area contributed by atoms with Crippen LogP contribution in [0.5, 0.6) is 0 Å². The van der Waals surface area contributed by atoms with Crippen LogP contribution in [0, 0.1) is 0 Å². The van der Waals surface area contributed by atoms with Gasteiger partial charge in [-0.05, 0) is 42.4 Å². The Morgan fingerprint density at radius 2 is 1.81 bits per heavy atom. The van der Waals surface area contributed by atoms with Crippen LogP contribution in [0.15, 0.2) is 66.7 Å². The van der Waals surface area contributed by atoms with Gasteiger partial charge in [0.2, 0.25) is 5.91 Å². The number of carbonyl (C=O) groups excluding carboxylic acids is 2. The Balaban J connectivity index is 0.00000272. The molecule has 0 bridgehead atoms. The van der Waals surface area contributed by atoms with Crippen molar-refractivity contribution in [3.63, 3.8) is 0 Å². The summed E-state index contributed by atoms with van der Waals surface area (Å²) < 4.78 is 0.